The van der Waals surface area contributed by atoms with Crippen molar-refractivity contribution in [2.24, 2.45) is 0 Å². The fourth-order valence-corrected chi connectivity index (χ4v) is 21.5. The van der Waals surface area contributed by atoms with Crippen LogP contribution in [0.4, 0.5) is 0 Å². The second-order valence-corrected chi connectivity index (χ2v) is 42.8. The summed E-state index contributed by atoms with van der Waals surface area (Å²) in [4.78, 5) is 14.5. The Bertz CT molecular complexity index is 1850. The van der Waals surface area contributed by atoms with Crippen molar-refractivity contribution in [1.82, 2.24) is 0 Å². The van der Waals surface area contributed by atoms with Gasteiger partial charge in [-0.05, 0) is 80.0 Å². The fourth-order valence-electron chi connectivity index (χ4n) is 5.40. The molecule has 0 bridgehead atoms. The van der Waals surface area contributed by atoms with Gasteiger partial charge in [0.25, 0.3) is 0 Å². The Morgan fingerprint density at radius 1 is 0.348 bits per heavy atom. The zero-order valence-electron chi connectivity index (χ0n) is 29.2. The predicted octanol–water partition coefficient (Wildman–Crippen LogP) is 12.6. The molecule has 0 nitrogen and oxygen atoms in total. The van der Waals surface area contributed by atoms with Crippen LogP contribution < -0.4 is 20.7 Å². The Labute approximate surface area is 304 Å². The highest BCUT2D eigenvalue weighted by Crippen LogP contribution is 2.45. The molecule has 0 aliphatic carbocycles. The summed E-state index contributed by atoms with van der Waals surface area (Å²) in [5, 5.41) is 11.2. The van der Waals surface area contributed by atoms with Gasteiger partial charge < -0.3 is 0 Å². The average molecular weight is 784 g/mol. The first kappa shape index (κ1) is 34.9. The zero-order valence-corrected chi connectivity index (χ0v) is 38.1. The van der Waals surface area contributed by atoms with Crippen LogP contribution in [0.1, 0.15) is 0 Å². The Morgan fingerprint density at radius 2 is 0.674 bits per heavy atom. The first-order valence-electron chi connectivity index (χ1n) is 16.0. The minimum absolute atomic E-state index is 1.30. The maximum atomic E-state index is 2.58. The molecule has 0 aliphatic heterocycles. The summed E-state index contributed by atoms with van der Waals surface area (Å²) in [5.41, 5.74) is 0. The number of thiophene rings is 6. The third-order valence-electron chi connectivity index (χ3n) is 8.40. The Balaban J connectivity index is 1.40. The van der Waals surface area contributed by atoms with Gasteiger partial charge in [0.2, 0.25) is 0 Å². The summed E-state index contributed by atoms with van der Waals surface area (Å²) >= 11 is 11.9. The van der Waals surface area contributed by atoms with Crippen molar-refractivity contribution in [2.45, 2.75) is 78.6 Å². The maximum Gasteiger partial charge on any atom is 0.0795 e. The van der Waals surface area contributed by atoms with Gasteiger partial charge in [0.05, 0.1) is 32.3 Å². The van der Waals surface area contributed by atoms with E-state index in [1.165, 1.54) is 39.0 Å². The van der Waals surface area contributed by atoms with Crippen LogP contribution in [0.15, 0.2) is 59.3 Å². The summed E-state index contributed by atoms with van der Waals surface area (Å²) in [7, 11) is -5.81. The molecule has 0 aliphatic rings. The Hall–Kier alpha value is -0.932. The first-order chi connectivity index (χ1) is 21.3. The van der Waals surface area contributed by atoms with Crippen molar-refractivity contribution in [3.8, 4) is 48.8 Å². The Morgan fingerprint density at radius 3 is 0.957 bits per heavy atom. The molecular formula is C36H46S6Si4. The second kappa shape index (κ2) is 12.4. The van der Waals surface area contributed by atoms with Crippen molar-refractivity contribution >= 4 is 121 Å². The highest BCUT2D eigenvalue weighted by molar-refractivity contribution is 7.32. The van der Waals surface area contributed by atoms with E-state index < -0.39 is 32.3 Å². The van der Waals surface area contributed by atoms with Gasteiger partial charge in [-0.3, -0.25) is 0 Å². The van der Waals surface area contributed by atoms with Gasteiger partial charge in [0, 0.05) is 48.8 Å². The summed E-state index contributed by atoms with van der Waals surface area (Å²) in [6, 6.07) is 19.6. The minimum Gasteiger partial charge on any atom is -0.143 e. The maximum absolute atomic E-state index is 2.58. The van der Waals surface area contributed by atoms with Crippen LogP contribution in [0.5, 0.6) is 0 Å². The summed E-state index contributed by atoms with van der Waals surface area (Å²) in [6.07, 6.45) is 0. The van der Waals surface area contributed by atoms with Crippen molar-refractivity contribution in [1.29, 1.82) is 0 Å². The molecule has 6 rings (SSSR count). The van der Waals surface area contributed by atoms with E-state index in [0.717, 1.165) is 0 Å². The fraction of sp³-hybridized carbons (Fsp3) is 0.333. The molecule has 10 heteroatoms. The van der Waals surface area contributed by atoms with Crippen molar-refractivity contribution < 1.29 is 0 Å². The molecule has 0 saturated heterocycles. The highest BCUT2D eigenvalue weighted by atomic mass is 32.1. The van der Waals surface area contributed by atoms with Crippen molar-refractivity contribution in [3.05, 3.63) is 59.3 Å². The lowest BCUT2D eigenvalue weighted by atomic mass is 10.3. The van der Waals surface area contributed by atoms with Crippen LogP contribution in [-0.4, -0.2) is 32.3 Å². The van der Waals surface area contributed by atoms with Crippen LogP contribution in [-0.2, 0) is 0 Å². The van der Waals surface area contributed by atoms with E-state index in [1.54, 1.807) is 30.5 Å². The molecule has 0 unspecified atom stereocenters. The van der Waals surface area contributed by atoms with Gasteiger partial charge in [-0.1, -0.05) is 78.6 Å². The average Bonchev–Trinajstić information content (AvgIpc) is 3.77. The van der Waals surface area contributed by atoms with E-state index in [9.17, 15) is 0 Å². The normalized spacial score (nSPS) is 13.2. The molecule has 0 saturated carbocycles. The van der Waals surface area contributed by atoms with E-state index >= 15 is 0 Å². The van der Waals surface area contributed by atoms with Crippen LogP contribution >= 0.6 is 68.0 Å². The second-order valence-electron chi connectivity index (χ2n) is 16.4. The van der Waals surface area contributed by atoms with Gasteiger partial charge in [0.1, 0.15) is 0 Å². The van der Waals surface area contributed by atoms with Gasteiger partial charge in [0.15, 0.2) is 0 Å². The minimum atomic E-state index is -1.60. The van der Waals surface area contributed by atoms with Crippen LogP contribution in [0.25, 0.3) is 48.8 Å². The largest absolute Gasteiger partial charge is 0.143 e. The quantitative estimate of drug-likeness (QED) is 0.128. The zero-order chi connectivity index (χ0) is 33.4. The van der Waals surface area contributed by atoms with E-state index in [4.69, 9.17) is 0 Å². The van der Waals surface area contributed by atoms with Gasteiger partial charge in [-0.2, -0.15) is 0 Å². The molecule has 242 valence electrons. The lowest BCUT2D eigenvalue weighted by Crippen LogP contribution is -2.41. The summed E-state index contributed by atoms with van der Waals surface area (Å²) in [6.45, 7) is 29.8. The van der Waals surface area contributed by atoms with Gasteiger partial charge in [-0.15, -0.1) is 68.0 Å². The first-order valence-corrected chi connectivity index (χ1v) is 35.0. The molecule has 0 aromatic carbocycles. The molecule has 6 heterocycles. The molecule has 0 N–H and O–H groups in total. The number of rotatable bonds is 9. The highest BCUT2D eigenvalue weighted by Gasteiger charge is 2.31. The van der Waals surface area contributed by atoms with Crippen LogP contribution in [0, 0.1) is 0 Å². The lowest BCUT2D eigenvalue weighted by molar-refractivity contribution is 1.74. The molecule has 0 atom stereocenters. The molecular weight excluding hydrogens is 737 g/mol. The standard InChI is InChI=1S/C36H46S6Si4/c1-43(2,3)23-17-29(37-21-23)25-13-15-27(39-25)31-19-33(45(7,8)9)35(41-31)36-34(46(10,11)12)20-32(42-36)28-16-14-26(40-28)30-18-24(22-38-30)44(4,5)6/h13-22H,1-12H3. The lowest BCUT2D eigenvalue weighted by Gasteiger charge is -2.20. The third-order valence-corrected chi connectivity index (χ3v) is 24.5. The monoisotopic (exact) mass is 782 g/mol. The van der Waals surface area contributed by atoms with Crippen molar-refractivity contribution in [2.75, 3.05) is 0 Å². The van der Waals surface area contributed by atoms with E-state index in [0.29, 0.717) is 0 Å². The summed E-state index contributed by atoms with van der Waals surface area (Å²) in [5.74, 6) is 0. The molecule has 0 radical (unpaired) electrons. The van der Waals surface area contributed by atoms with Gasteiger partial charge in [-0.25, -0.2) is 0 Å². The molecule has 46 heavy (non-hydrogen) atoms. The van der Waals surface area contributed by atoms with Crippen LogP contribution in [0.3, 0.4) is 0 Å². The molecule has 0 fully saturated rings. The molecule has 6 aromatic heterocycles. The van der Waals surface area contributed by atoms with Gasteiger partial charge >= 0.3 is 0 Å². The Kier molecular flexibility index (Phi) is 9.44. The SMILES string of the molecule is C[Si](C)(C)c1csc(-c2ccc(-c3cc([Si](C)(C)C)c(-c4sc(-c5ccc(-c6cc([Si](C)(C)C)cs6)s5)cc4[Si](C)(C)C)s3)s2)c1. The van der Waals surface area contributed by atoms with E-state index in [2.05, 4.69) is 161 Å². The molecule has 6 aromatic rings. The van der Waals surface area contributed by atoms with Crippen molar-refractivity contribution in [3.63, 3.8) is 0 Å². The van der Waals surface area contributed by atoms with Crippen LogP contribution in [0.2, 0.25) is 78.6 Å². The smallest absolute Gasteiger partial charge is 0.0795 e. The molecule has 0 spiro atoms. The van der Waals surface area contributed by atoms with E-state index in [1.807, 2.05) is 45.3 Å². The topological polar surface area (TPSA) is 0 Å². The molecule has 0 amide bonds. The summed E-state index contributed by atoms with van der Waals surface area (Å²) < 4.78 is 0. The third kappa shape index (κ3) is 7.17. The van der Waals surface area contributed by atoms with E-state index in [-0.39, 0.29) is 0 Å². The predicted molar refractivity (Wildman–Crippen MR) is 233 cm³/mol. The number of hydrogen-bond donors (Lipinski definition) is 0. The number of hydrogen-bond acceptors (Lipinski definition) is 6.